The van der Waals surface area contributed by atoms with Gasteiger partial charge >= 0.3 is 0 Å². The quantitative estimate of drug-likeness (QED) is 0.516. The summed E-state index contributed by atoms with van der Waals surface area (Å²) in [4.78, 5) is 1.56. The molecule has 3 heteroatoms. The zero-order valence-corrected chi connectivity index (χ0v) is 7.54. The summed E-state index contributed by atoms with van der Waals surface area (Å²) in [6.45, 7) is 0.633. The first kappa shape index (κ1) is 8.89. The average molecular weight is 181 g/mol. The Balaban J connectivity index is 2.66. The fourth-order valence-electron chi connectivity index (χ4n) is 0.899. The molecule has 1 aromatic carbocycles. The van der Waals surface area contributed by atoms with Gasteiger partial charge in [-0.2, -0.15) is 5.26 Å². The molecule has 1 rings (SSSR count). The van der Waals surface area contributed by atoms with Crippen LogP contribution in [0.25, 0.3) is 0 Å². The highest BCUT2D eigenvalue weighted by Gasteiger charge is 1.95. The third kappa shape index (κ3) is 2.44. The molecule has 0 heterocycles. The molecule has 0 N–H and O–H groups in total. The van der Waals surface area contributed by atoms with Crippen molar-refractivity contribution in [2.45, 2.75) is 6.54 Å². The van der Waals surface area contributed by atoms with Gasteiger partial charge in [-0.15, -0.1) is 0 Å². The Hall–Kier alpha value is -1.20. The first-order valence-corrected chi connectivity index (χ1v) is 3.95. The summed E-state index contributed by atoms with van der Waals surface area (Å²) in [5.74, 6) is 0. The number of nitrogens with zero attached hydrogens (tertiary/aromatic N) is 2. The molecular formula is C9H9ClN2. The van der Waals surface area contributed by atoms with Crippen LogP contribution in [-0.4, -0.2) is 11.9 Å². The Bertz CT molecular complexity index is 286. The smallest absolute Gasteiger partial charge is 0.179 e. The molecule has 12 heavy (non-hydrogen) atoms. The first-order valence-electron chi connectivity index (χ1n) is 3.57. The van der Waals surface area contributed by atoms with Gasteiger partial charge in [-0.1, -0.05) is 23.7 Å². The Morgan fingerprint density at radius 1 is 1.42 bits per heavy atom. The van der Waals surface area contributed by atoms with Gasteiger partial charge in [-0.05, 0) is 17.7 Å². The second-order valence-corrected chi connectivity index (χ2v) is 3.02. The molecule has 0 saturated heterocycles. The molecule has 0 unspecified atom stereocenters. The van der Waals surface area contributed by atoms with E-state index in [1.807, 2.05) is 30.5 Å². The number of halogens is 1. The van der Waals surface area contributed by atoms with Crippen LogP contribution >= 0.6 is 11.6 Å². The van der Waals surface area contributed by atoms with Crippen LogP contribution in [-0.2, 0) is 6.54 Å². The number of benzene rings is 1. The van der Waals surface area contributed by atoms with Crippen LogP contribution in [0, 0.1) is 11.5 Å². The third-order valence-corrected chi connectivity index (χ3v) is 1.76. The van der Waals surface area contributed by atoms with Crippen molar-refractivity contribution in [3.8, 4) is 6.19 Å². The molecule has 2 nitrogen and oxygen atoms in total. The van der Waals surface area contributed by atoms with Crippen molar-refractivity contribution in [1.29, 1.82) is 5.26 Å². The highest BCUT2D eigenvalue weighted by atomic mass is 35.5. The van der Waals surface area contributed by atoms with Gasteiger partial charge < -0.3 is 4.90 Å². The maximum atomic E-state index is 8.50. The van der Waals surface area contributed by atoms with Crippen LogP contribution in [0.5, 0.6) is 0 Å². The Labute approximate surface area is 77.0 Å². The monoisotopic (exact) mass is 180 g/mol. The van der Waals surface area contributed by atoms with E-state index < -0.39 is 0 Å². The zero-order chi connectivity index (χ0) is 8.97. The van der Waals surface area contributed by atoms with Crippen LogP contribution < -0.4 is 0 Å². The lowest BCUT2D eigenvalue weighted by molar-refractivity contribution is 0.469. The highest BCUT2D eigenvalue weighted by Crippen LogP contribution is 2.10. The fraction of sp³-hybridized carbons (Fsp3) is 0.222. The normalized spacial score (nSPS) is 9.08. The molecule has 1 aromatic rings. The number of rotatable bonds is 2. The van der Waals surface area contributed by atoms with Gasteiger partial charge in [0.25, 0.3) is 0 Å². The van der Waals surface area contributed by atoms with Gasteiger partial charge in [0.1, 0.15) is 0 Å². The summed E-state index contributed by atoms with van der Waals surface area (Å²) in [6, 6.07) is 7.47. The van der Waals surface area contributed by atoms with Crippen molar-refractivity contribution in [3.63, 3.8) is 0 Å². The predicted molar refractivity (Wildman–Crippen MR) is 48.5 cm³/mol. The molecule has 0 spiro atoms. The van der Waals surface area contributed by atoms with Gasteiger partial charge in [0.15, 0.2) is 6.19 Å². The highest BCUT2D eigenvalue weighted by molar-refractivity contribution is 6.30. The summed E-state index contributed by atoms with van der Waals surface area (Å²) in [7, 11) is 1.74. The molecule has 0 bridgehead atoms. The van der Waals surface area contributed by atoms with E-state index in [1.165, 1.54) is 0 Å². The molecule has 0 aliphatic rings. The SMILES string of the molecule is CN(C#N)Cc1ccc(Cl)cc1. The zero-order valence-electron chi connectivity index (χ0n) is 6.79. The predicted octanol–water partition coefficient (Wildman–Crippen LogP) is 2.25. The van der Waals surface area contributed by atoms with E-state index >= 15 is 0 Å². The molecule has 0 fully saturated rings. The number of hydrogen-bond acceptors (Lipinski definition) is 2. The molecule has 0 aromatic heterocycles. The van der Waals surface area contributed by atoms with Gasteiger partial charge in [-0.25, -0.2) is 0 Å². The van der Waals surface area contributed by atoms with E-state index in [0.717, 1.165) is 10.6 Å². The fourth-order valence-corrected chi connectivity index (χ4v) is 1.03. The van der Waals surface area contributed by atoms with Gasteiger partial charge in [0.05, 0.1) is 6.54 Å². The molecule has 0 atom stereocenters. The second kappa shape index (κ2) is 3.99. The van der Waals surface area contributed by atoms with Crippen molar-refractivity contribution in [2.75, 3.05) is 7.05 Å². The van der Waals surface area contributed by atoms with Crippen molar-refractivity contribution in [3.05, 3.63) is 34.9 Å². The van der Waals surface area contributed by atoms with Gasteiger partial charge in [0.2, 0.25) is 0 Å². The van der Waals surface area contributed by atoms with E-state index in [1.54, 1.807) is 11.9 Å². The molecule has 0 saturated carbocycles. The minimum atomic E-state index is 0.633. The van der Waals surface area contributed by atoms with Crippen LogP contribution in [0.2, 0.25) is 5.02 Å². The Morgan fingerprint density at radius 2 is 2.00 bits per heavy atom. The molecular weight excluding hydrogens is 172 g/mol. The summed E-state index contributed by atoms with van der Waals surface area (Å²) < 4.78 is 0. The van der Waals surface area contributed by atoms with Crippen LogP contribution in [0.4, 0.5) is 0 Å². The van der Waals surface area contributed by atoms with Crippen LogP contribution in [0.1, 0.15) is 5.56 Å². The molecule has 0 aliphatic carbocycles. The average Bonchev–Trinajstić information content (AvgIpc) is 2.09. The summed E-state index contributed by atoms with van der Waals surface area (Å²) in [5, 5.41) is 9.22. The van der Waals surface area contributed by atoms with Crippen LogP contribution in [0.15, 0.2) is 24.3 Å². The first-order chi connectivity index (χ1) is 5.72. The van der Waals surface area contributed by atoms with Gasteiger partial charge in [-0.3, -0.25) is 0 Å². The summed E-state index contributed by atoms with van der Waals surface area (Å²) in [5.41, 5.74) is 1.09. The molecule has 62 valence electrons. The third-order valence-electron chi connectivity index (χ3n) is 1.50. The van der Waals surface area contributed by atoms with E-state index in [-0.39, 0.29) is 0 Å². The molecule has 0 radical (unpaired) electrons. The molecule has 0 amide bonds. The van der Waals surface area contributed by atoms with E-state index in [0.29, 0.717) is 6.54 Å². The lowest BCUT2D eigenvalue weighted by atomic mass is 10.2. The maximum absolute atomic E-state index is 8.50. The van der Waals surface area contributed by atoms with E-state index in [4.69, 9.17) is 16.9 Å². The second-order valence-electron chi connectivity index (χ2n) is 2.58. The summed E-state index contributed by atoms with van der Waals surface area (Å²) >= 11 is 5.70. The van der Waals surface area contributed by atoms with Crippen molar-refractivity contribution in [2.24, 2.45) is 0 Å². The van der Waals surface area contributed by atoms with Crippen molar-refractivity contribution in [1.82, 2.24) is 4.90 Å². The minimum Gasteiger partial charge on any atom is -0.309 e. The minimum absolute atomic E-state index is 0.633. The Morgan fingerprint density at radius 3 is 2.50 bits per heavy atom. The Kier molecular flexibility index (Phi) is 2.95. The lowest BCUT2D eigenvalue weighted by Crippen LogP contribution is -2.09. The van der Waals surface area contributed by atoms with Gasteiger partial charge in [0, 0.05) is 12.1 Å². The van der Waals surface area contributed by atoms with E-state index in [9.17, 15) is 0 Å². The maximum Gasteiger partial charge on any atom is 0.179 e. The number of hydrogen-bond donors (Lipinski definition) is 0. The molecule has 0 aliphatic heterocycles. The largest absolute Gasteiger partial charge is 0.309 e. The standard InChI is InChI=1S/C9H9ClN2/c1-12(7-11)6-8-2-4-9(10)5-3-8/h2-5H,6H2,1H3. The topological polar surface area (TPSA) is 27.0 Å². The number of nitriles is 1. The lowest BCUT2D eigenvalue weighted by Gasteiger charge is -2.07. The summed E-state index contributed by atoms with van der Waals surface area (Å²) in [6.07, 6.45) is 2.03. The van der Waals surface area contributed by atoms with Crippen LogP contribution in [0.3, 0.4) is 0 Å². The van der Waals surface area contributed by atoms with Crippen molar-refractivity contribution >= 4 is 11.6 Å². The van der Waals surface area contributed by atoms with Crippen molar-refractivity contribution < 1.29 is 0 Å². The van der Waals surface area contributed by atoms with E-state index in [2.05, 4.69) is 0 Å².